The molecule has 0 bridgehead atoms. The molecule has 1 heterocycles. The number of benzene rings is 3. The van der Waals surface area contributed by atoms with Gasteiger partial charge in [0.15, 0.2) is 0 Å². The number of hydrogen-bond acceptors (Lipinski definition) is 5. The van der Waals surface area contributed by atoms with Crippen LogP contribution in [-0.2, 0) is 0 Å². The van der Waals surface area contributed by atoms with Crippen LogP contribution in [0.25, 0.3) is 0 Å². The Morgan fingerprint density at radius 2 is 1.67 bits per heavy atom. The van der Waals surface area contributed by atoms with E-state index >= 15 is 0 Å². The smallest absolute Gasteiger partial charge is 0.142 e. The van der Waals surface area contributed by atoms with E-state index in [9.17, 15) is 5.11 Å². The van der Waals surface area contributed by atoms with Gasteiger partial charge in [-0.25, -0.2) is 0 Å². The summed E-state index contributed by atoms with van der Waals surface area (Å²) in [5.74, 6) is 1.45. The second kappa shape index (κ2) is 11.6. The van der Waals surface area contributed by atoms with Crippen molar-refractivity contribution in [1.29, 1.82) is 0 Å². The molecule has 0 saturated carbocycles. The number of piperidine rings is 1. The van der Waals surface area contributed by atoms with Crippen LogP contribution in [0.2, 0.25) is 10.0 Å². The zero-order valence-electron chi connectivity index (χ0n) is 18.3. The highest BCUT2D eigenvalue weighted by Crippen LogP contribution is 2.29. The number of β-amino-alcohol motifs (C(OH)–C–C–N with tert-alkyl or cyclic N) is 1. The Morgan fingerprint density at radius 3 is 2.42 bits per heavy atom. The molecule has 0 radical (unpaired) electrons. The Morgan fingerprint density at radius 1 is 0.939 bits per heavy atom. The van der Waals surface area contributed by atoms with E-state index < -0.39 is 6.10 Å². The number of anilines is 2. The molecule has 4 rings (SSSR count). The molecular formula is C26H28Cl2N2O3. The van der Waals surface area contributed by atoms with Gasteiger partial charge in [-0.05, 0) is 49.2 Å². The van der Waals surface area contributed by atoms with Gasteiger partial charge in [-0.1, -0.05) is 53.5 Å². The number of para-hydroxylation sites is 3. The van der Waals surface area contributed by atoms with Crippen LogP contribution in [0.15, 0.2) is 72.8 Å². The Labute approximate surface area is 204 Å². The van der Waals surface area contributed by atoms with Gasteiger partial charge in [0.05, 0.1) is 15.7 Å². The number of nitrogens with zero attached hydrogens (tertiary/aromatic N) is 1. The van der Waals surface area contributed by atoms with Crippen molar-refractivity contribution in [3.63, 3.8) is 0 Å². The largest absolute Gasteiger partial charge is 0.490 e. The van der Waals surface area contributed by atoms with E-state index in [4.69, 9.17) is 32.7 Å². The van der Waals surface area contributed by atoms with Crippen LogP contribution in [0.3, 0.4) is 0 Å². The number of aliphatic hydroxyl groups is 1. The summed E-state index contributed by atoms with van der Waals surface area (Å²) >= 11 is 12.0. The lowest BCUT2D eigenvalue weighted by molar-refractivity contribution is 0.0403. The average molecular weight is 487 g/mol. The van der Waals surface area contributed by atoms with Crippen LogP contribution < -0.4 is 14.8 Å². The summed E-state index contributed by atoms with van der Waals surface area (Å²) in [7, 11) is 0. The zero-order valence-corrected chi connectivity index (χ0v) is 19.8. The van der Waals surface area contributed by atoms with Crippen molar-refractivity contribution in [3.8, 4) is 11.5 Å². The van der Waals surface area contributed by atoms with E-state index in [-0.39, 0.29) is 12.7 Å². The number of ether oxygens (including phenoxy) is 2. The number of halogens is 2. The maximum Gasteiger partial charge on any atom is 0.142 e. The summed E-state index contributed by atoms with van der Waals surface area (Å²) in [6.07, 6.45) is 1.32. The van der Waals surface area contributed by atoms with E-state index in [0.717, 1.165) is 43.1 Å². The van der Waals surface area contributed by atoms with Gasteiger partial charge in [-0.3, -0.25) is 0 Å². The summed E-state index contributed by atoms with van der Waals surface area (Å²) in [5, 5.41) is 14.9. The topological polar surface area (TPSA) is 54.0 Å². The van der Waals surface area contributed by atoms with Crippen molar-refractivity contribution in [3.05, 3.63) is 82.8 Å². The molecule has 33 heavy (non-hydrogen) atoms. The minimum atomic E-state index is -0.581. The van der Waals surface area contributed by atoms with Crippen molar-refractivity contribution >= 4 is 34.6 Å². The molecule has 3 aromatic carbocycles. The number of likely N-dealkylation sites (tertiary alicyclic amines) is 1. The molecular weight excluding hydrogens is 459 g/mol. The molecule has 3 aromatic rings. The van der Waals surface area contributed by atoms with E-state index in [1.807, 2.05) is 60.7 Å². The Kier molecular flexibility index (Phi) is 8.35. The van der Waals surface area contributed by atoms with Gasteiger partial charge in [0.1, 0.15) is 30.3 Å². The van der Waals surface area contributed by atoms with Gasteiger partial charge in [0.25, 0.3) is 0 Å². The second-order valence-corrected chi connectivity index (χ2v) is 8.96. The molecule has 1 unspecified atom stereocenters. The first-order valence-corrected chi connectivity index (χ1v) is 11.9. The molecule has 1 saturated heterocycles. The van der Waals surface area contributed by atoms with Gasteiger partial charge < -0.3 is 24.8 Å². The summed E-state index contributed by atoms with van der Waals surface area (Å²) in [5.41, 5.74) is 1.86. The Balaban J connectivity index is 1.22. The first kappa shape index (κ1) is 23.7. The lowest BCUT2D eigenvalue weighted by Gasteiger charge is -2.33. The van der Waals surface area contributed by atoms with E-state index in [2.05, 4.69) is 10.2 Å². The highest BCUT2D eigenvalue weighted by molar-refractivity contribution is 6.42. The minimum Gasteiger partial charge on any atom is -0.490 e. The van der Waals surface area contributed by atoms with E-state index in [0.29, 0.717) is 22.3 Å². The molecule has 1 aliphatic heterocycles. The van der Waals surface area contributed by atoms with Gasteiger partial charge in [0, 0.05) is 31.4 Å². The van der Waals surface area contributed by atoms with E-state index in [1.54, 1.807) is 12.1 Å². The number of aliphatic hydroxyl groups excluding tert-OH is 1. The van der Waals surface area contributed by atoms with Crippen molar-refractivity contribution in [2.75, 3.05) is 31.6 Å². The van der Waals surface area contributed by atoms with Crippen LogP contribution in [0.1, 0.15) is 12.8 Å². The highest BCUT2D eigenvalue weighted by Gasteiger charge is 2.23. The monoisotopic (exact) mass is 486 g/mol. The maximum atomic E-state index is 10.6. The predicted molar refractivity (Wildman–Crippen MR) is 134 cm³/mol. The van der Waals surface area contributed by atoms with Crippen molar-refractivity contribution in [2.45, 2.75) is 25.0 Å². The molecule has 1 aliphatic rings. The lowest BCUT2D eigenvalue weighted by atomic mass is 10.1. The zero-order chi connectivity index (χ0) is 23.0. The molecule has 1 fully saturated rings. The fraction of sp³-hybridized carbons (Fsp3) is 0.308. The maximum absolute atomic E-state index is 10.6. The standard InChI is InChI=1S/C26H28Cl2N2O3/c27-23-11-10-22(16-24(23)28)33-21-12-14-30(15-13-21)17-20(31)18-32-26-9-5-4-8-25(26)29-19-6-2-1-3-7-19/h1-11,16,20-21,29,31H,12-15,17-18H2. The summed E-state index contributed by atoms with van der Waals surface area (Å²) < 4.78 is 12.0. The average Bonchev–Trinajstić information content (AvgIpc) is 2.83. The fourth-order valence-corrected chi connectivity index (χ4v) is 4.15. The van der Waals surface area contributed by atoms with Crippen LogP contribution in [0.4, 0.5) is 11.4 Å². The third kappa shape index (κ3) is 7.02. The lowest BCUT2D eigenvalue weighted by Crippen LogP contribution is -2.43. The van der Waals surface area contributed by atoms with Crippen LogP contribution in [0.5, 0.6) is 11.5 Å². The third-order valence-corrected chi connectivity index (χ3v) is 6.31. The Bertz CT molecular complexity index is 1030. The minimum absolute atomic E-state index is 0.128. The molecule has 5 nitrogen and oxygen atoms in total. The Hall–Kier alpha value is -2.44. The summed E-state index contributed by atoms with van der Waals surface area (Å²) in [4.78, 5) is 2.25. The van der Waals surface area contributed by atoms with Crippen molar-refractivity contribution in [2.24, 2.45) is 0 Å². The molecule has 7 heteroatoms. The van der Waals surface area contributed by atoms with Gasteiger partial charge in [0.2, 0.25) is 0 Å². The van der Waals surface area contributed by atoms with Gasteiger partial charge in [-0.2, -0.15) is 0 Å². The van der Waals surface area contributed by atoms with Crippen LogP contribution in [-0.4, -0.2) is 48.5 Å². The second-order valence-electron chi connectivity index (χ2n) is 8.15. The molecule has 0 aromatic heterocycles. The molecule has 0 amide bonds. The van der Waals surface area contributed by atoms with E-state index in [1.165, 1.54) is 0 Å². The fourth-order valence-electron chi connectivity index (χ4n) is 3.86. The third-order valence-electron chi connectivity index (χ3n) is 5.57. The highest BCUT2D eigenvalue weighted by atomic mass is 35.5. The normalized spacial score (nSPS) is 15.7. The SMILES string of the molecule is OC(COc1ccccc1Nc1ccccc1)CN1CCC(Oc2ccc(Cl)c(Cl)c2)CC1. The van der Waals surface area contributed by atoms with Crippen LogP contribution in [0, 0.1) is 0 Å². The van der Waals surface area contributed by atoms with Gasteiger partial charge in [-0.15, -0.1) is 0 Å². The molecule has 0 spiro atoms. The predicted octanol–water partition coefficient (Wildman–Crippen LogP) is 6.02. The molecule has 2 N–H and O–H groups in total. The number of rotatable bonds is 9. The molecule has 0 aliphatic carbocycles. The van der Waals surface area contributed by atoms with Crippen molar-refractivity contribution in [1.82, 2.24) is 4.90 Å². The summed E-state index contributed by atoms with van der Waals surface area (Å²) in [6, 6.07) is 23.0. The quantitative estimate of drug-likeness (QED) is 0.387. The first-order chi connectivity index (χ1) is 16.1. The molecule has 174 valence electrons. The molecule has 1 atom stereocenters. The summed E-state index contributed by atoms with van der Waals surface area (Å²) in [6.45, 7) is 2.51. The van der Waals surface area contributed by atoms with Gasteiger partial charge >= 0.3 is 0 Å². The number of nitrogens with one attached hydrogen (secondary N) is 1. The first-order valence-electron chi connectivity index (χ1n) is 11.1. The van der Waals surface area contributed by atoms with Crippen LogP contribution >= 0.6 is 23.2 Å². The number of hydrogen-bond donors (Lipinski definition) is 2. The van der Waals surface area contributed by atoms with Crippen molar-refractivity contribution < 1.29 is 14.6 Å².